The number of aliphatic hydroxyl groups excluding tert-OH is 1. The monoisotopic (exact) mass is 338 g/mol. The summed E-state index contributed by atoms with van der Waals surface area (Å²) in [6, 6.07) is 11.3. The van der Waals surface area contributed by atoms with Crippen LogP contribution in [0.1, 0.15) is 17.2 Å². The number of pyridine rings is 1. The van der Waals surface area contributed by atoms with Gasteiger partial charge in [0, 0.05) is 11.9 Å². The van der Waals surface area contributed by atoms with Crippen LogP contribution in [0.3, 0.4) is 0 Å². The molecule has 0 fully saturated rings. The van der Waals surface area contributed by atoms with Crippen molar-refractivity contribution in [3.05, 3.63) is 58.7 Å². The molecule has 0 bridgehead atoms. The number of nitrogens with zero attached hydrogens (tertiary/aromatic N) is 1. The Labute approximate surface area is 138 Å². The Balaban J connectivity index is 1.84. The fourth-order valence-electron chi connectivity index (χ4n) is 1.72. The van der Waals surface area contributed by atoms with Gasteiger partial charge in [-0.3, -0.25) is 0 Å². The molecule has 1 atom stereocenters. The van der Waals surface area contributed by atoms with E-state index in [9.17, 15) is 5.11 Å². The average molecular weight is 339 g/mol. The highest BCUT2D eigenvalue weighted by atomic mass is 35.5. The maximum absolute atomic E-state index is 10.2. The summed E-state index contributed by atoms with van der Waals surface area (Å²) in [5, 5.41) is 13.7. The van der Waals surface area contributed by atoms with E-state index in [0.29, 0.717) is 20.9 Å². The van der Waals surface area contributed by atoms with E-state index in [-0.39, 0.29) is 0 Å². The van der Waals surface area contributed by atoms with Gasteiger partial charge >= 0.3 is 0 Å². The minimum atomic E-state index is -0.548. The van der Waals surface area contributed by atoms with Gasteiger partial charge in [0.1, 0.15) is 10.1 Å². The number of nitrogens with one attached hydrogen (secondary N) is 1. The Kier molecular flexibility index (Phi) is 5.99. The Morgan fingerprint density at radius 3 is 2.90 bits per heavy atom. The molecule has 0 aliphatic carbocycles. The van der Waals surface area contributed by atoms with Crippen molar-refractivity contribution < 1.29 is 5.11 Å². The largest absolute Gasteiger partial charge is 0.388 e. The van der Waals surface area contributed by atoms with E-state index in [0.717, 1.165) is 11.1 Å². The van der Waals surface area contributed by atoms with Gasteiger partial charge < -0.3 is 10.4 Å². The Morgan fingerprint density at radius 1 is 1.43 bits per heavy atom. The first-order chi connectivity index (χ1) is 10.0. The van der Waals surface area contributed by atoms with Crippen LogP contribution in [-0.2, 0) is 0 Å². The standard InChI is InChI=1S/C15H15ClN2OS2/c1-10-3-2-4-11(7-10)13(19)9-21-15(20)18-14-6-5-12(16)8-17-14/h2-8,13,19H,9H2,1H3,(H,17,18,20). The predicted octanol–water partition coefficient (Wildman–Crippen LogP) is 4.21. The van der Waals surface area contributed by atoms with Crippen molar-refractivity contribution in [3.63, 3.8) is 0 Å². The molecule has 2 N–H and O–H groups in total. The summed E-state index contributed by atoms with van der Waals surface area (Å²) >= 11 is 12.4. The molecule has 1 unspecified atom stereocenters. The molecular formula is C15H15ClN2OS2. The first-order valence-corrected chi connectivity index (χ1v) is 8.12. The highest BCUT2D eigenvalue weighted by Gasteiger charge is 2.09. The second-order valence-corrected chi connectivity index (χ2v) is 6.65. The van der Waals surface area contributed by atoms with E-state index >= 15 is 0 Å². The van der Waals surface area contributed by atoms with Crippen molar-refractivity contribution in [2.75, 3.05) is 11.1 Å². The molecule has 21 heavy (non-hydrogen) atoms. The zero-order valence-corrected chi connectivity index (χ0v) is 13.8. The van der Waals surface area contributed by atoms with Crippen molar-refractivity contribution in [1.29, 1.82) is 0 Å². The third-order valence-electron chi connectivity index (χ3n) is 2.76. The maximum atomic E-state index is 10.2. The van der Waals surface area contributed by atoms with Crippen LogP contribution >= 0.6 is 35.6 Å². The minimum Gasteiger partial charge on any atom is -0.388 e. The molecule has 0 saturated carbocycles. The molecule has 1 aromatic carbocycles. The number of aliphatic hydroxyl groups is 1. The summed E-state index contributed by atoms with van der Waals surface area (Å²) in [5.41, 5.74) is 2.03. The molecule has 0 aliphatic heterocycles. The van der Waals surface area contributed by atoms with Gasteiger partial charge in [0.25, 0.3) is 0 Å². The van der Waals surface area contributed by atoms with E-state index in [4.69, 9.17) is 23.8 Å². The summed E-state index contributed by atoms with van der Waals surface area (Å²) < 4.78 is 0.566. The van der Waals surface area contributed by atoms with E-state index in [1.165, 1.54) is 11.8 Å². The number of hydrogen-bond donors (Lipinski definition) is 2. The van der Waals surface area contributed by atoms with E-state index < -0.39 is 6.10 Å². The van der Waals surface area contributed by atoms with Gasteiger partial charge in [-0.2, -0.15) is 0 Å². The second kappa shape index (κ2) is 7.75. The topological polar surface area (TPSA) is 45.1 Å². The highest BCUT2D eigenvalue weighted by molar-refractivity contribution is 8.23. The zero-order chi connectivity index (χ0) is 15.2. The molecule has 2 aromatic rings. The maximum Gasteiger partial charge on any atom is 0.139 e. The lowest BCUT2D eigenvalue weighted by atomic mass is 10.1. The highest BCUT2D eigenvalue weighted by Crippen LogP contribution is 2.21. The van der Waals surface area contributed by atoms with Gasteiger partial charge in [-0.1, -0.05) is 65.4 Å². The summed E-state index contributed by atoms with van der Waals surface area (Å²) in [5.74, 6) is 1.13. The number of hydrogen-bond acceptors (Lipinski definition) is 4. The van der Waals surface area contributed by atoms with Crippen LogP contribution in [-0.4, -0.2) is 20.2 Å². The van der Waals surface area contributed by atoms with Crippen LogP contribution in [0, 0.1) is 6.92 Å². The number of aromatic nitrogens is 1. The van der Waals surface area contributed by atoms with Gasteiger partial charge in [-0.15, -0.1) is 0 Å². The van der Waals surface area contributed by atoms with Crippen LogP contribution in [0.15, 0.2) is 42.6 Å². The fraction of sp³-hybridized carbons (Fsp3) is 0.200. The second-order valence-electron chi connectivity index (χ2n) is 4.52. The van der Waals surface area contributed by atoms with Crippen LogP contribution < -0.4 is 5.32 Å². The molecule has 110 valence electrons. The van der Waals surface area contributed by atoms with Gasteiger partial charge in [0.15, 0.2) is 0 Å². The summed E-state index contributed by atoms with van der Waals surface area (Å²) in [6.45, 7) is 2.00. The molecule has 0 radical (unpaired) electrons. The van der Waals surface area contributed by atoms with Gasteiger partial charge in [-0.05, 0) is 24.6 Å². The molecular weight excluding hydrogens is 324 g/mol. The smallest absolute Gasteiger partial charge is 0.139 e. The molecule has 0 spiro atoms. The molecule has 0 saturated heterocycles. The SMILES string of the molecule is Cc1cccc(C(O)CSC(=S)Nc2ccc(Cl)cn2)c1. The number of halogens is 1. The fourth-order valence-corrected chi connectivity index (χ4v) is 2.82. The predicted molar refractivity (Wildman–Crippen MR) is 94.1 cm³/mol. The van der Waals surface area contributed by atoms with Crippen LogP contribution in [0.25, 0.3) is 0 Å². The van der Waals surface area contributed by atoms with Crippen LogP contribution in [0.4, 0.5) is 5.82 Å². The molecule has 0 aliphatic rings. The van der Waals surface area contributed by atoms with Crippen molar-refractivity contribution in [2.45, 2.75) is 13.0 Å². The van der Waals surface area contributed by atoms with E-state index in [1.54, 1.807) is 18.3 Å². The van der Waals surface area contributed by atoms with Crippen molar-refractivity contribution in [2.24, 2.45) is 0 Å². The lowest BCUT2D eigenvalue weighted by Gasteiger charge is -2.12. The summed E-state index contributed by atoms with van der Waals surface area (Å²) in [7, 11) is 0. The summed E-state index contributed by atoms with van der Waals surface area (Å²) in [6.07, 6.45) is 1.01. The van der Waals surface area contributed by atoms with Crippen LogP contribution in [0.5, 0.6) is 0 Å². The van der Waals surface area contributed by atoms with Crippen molar-refractivity contribution in [3.8, 4) is 0 Å². The van der Waals surface area contributed by atoms with Crippen molar-refractivity contribution in [1.82, 2.24) is 4.98 Å². The number of thiocarbonyl (C=S) groups is 1. The first-order valence-electron chi connectivity index (χ1n) is 6.34. The molecule has 1 aromatic heterocycles. The average Bonchev–Trinajstić information content (AvgIpc) is 2.47. The number of anilines is 1. The Hall–Kier alpha value is -1.14. The Bertz CT molecular complexity index is 619. The quantitative estimate of drug-likeness (QED) is 0.818. The number of thioether (sulfide) groups is 1. The zero-order valence-electron chi connectivity index (χ0n) is 11.4. The van der Waals surface area contributed by atoms with Gasteiger partial charge in [-0.25, -0.2) is 4.98 Å². The molecule has 0 amide bonds. The van der Waals surface area contributed by atoms with E-state index in [2.05, 4.69) is 10.3 Å². The number of rotatable bonds is 4. The molecule has 1 heterocycles. The molecule has 6 heteroatoms. The minimum absolute atomic E-state index is 0.489. The number of benzene rings is 1. The summed E-state index contributed by atoms with van der Waals surface area (Å²) in [4.78, 5) is 4.11. The van der Waals surface area contributed by atoms with Gasteiger partial charge in [0.2, 0.25) is 0 Å². The third kappa shape index (κ3) is 5.28. The molecule has 2 rings (SSSR count). The first kappa shape index (κ1) is 16.2. The normalized spacial score (nSPS) is 12.0. The van der Waals surface area contributed by atoms with Crippen molar-refractivity contribution >= 4 is 45.7 Å². The lowest BCUT2D eigenvalue weighted by molar-refractivity contribution is 0.204. The number of aryl methyl sites for hydroxylation is 1. The van der Waals surface area contributed by atoms with E-state index in [1.807, 2.05) is 31.2 Å². The van der Waals surface area contributed by atoms with Gasteiger partial charge in [0.05, 0.1) is 11.1 Å². The molecule has 3 nitrogen and oxygen atoms in total. The van der Waals surface area contributed by atoms with Crippen LogP contribution in [0.2, 0.25) is 5.02 Å². The third-order valence-corrected chi connectivity index (χ3v) is 4.28. The Morgan fingerprint density at radius 2 is 2.24 bits per heavy atom. The lowest BCUT2D eigenvalue weighted by Crippen LogP contribution is -2.09.